The van der Waals surface area contributed by atoms with Crippen molar-refractivity contribution in [2.75, 3.05) is 24.3 Å². The van der Waals surface area contributed by atoms with Crippen molar-refractivity contribution in [1.29, 1.82) is 0 Å². The largest absolute Gasteiger partial charge is 0.451 e. The molecule has 5 heterocycles. The molecule has 188 valence electrons. The highest BCUT2D eigenvalue weighted by molar-refractivity contribution is 7.98. The number of aromatic amines is 1. The molecule has 0 saturated carbocycles. The Morgan fingerprint density at radius 3 is 2.49 bits per heavy atom. The first-order chi connectivity index (χ1) is 16.5. The summed E-state index contributed by atoms with van der Waals surface area (Å²) in [6, 6.07) is 0. The second kappa shape index (κ2) is 9.38. The van der Waals surface area contributed by atoms with Crippen molar-refractivity contribution in [1.82, 2.24) is 39.5 Å². The van der Waals surface area contributed by atoms with E-state index in [9.17, 15) is 23.4 Å². The van der Waals surface area contributed by atoms with Gasteiger partial charge in [0.1, 0.15) is 29.3 Å². The average Bonchev–Trinajstić information content (AvgIpc) is 3.52. The molecule has 8 N–H and O–H groups in total. The van der Waals surface area contributed by atoms with Gasteiger partial charge in [-0.3, -0.25) is 4.57 Å². The quantitative estimate of drug-likeness (QED) is 0.152. The monoisotopic (exact) mass is 516 g/mol. The number of fused-ring (bicyclic) bond motifs is 2. The summed E-state index contributed by atoms with van der Waals surface area (Å²) in [5.41, 5.74) is 12.0. The van der Waals surface area contributed by atoms with E-state index in [0.717, 1.165) is 10.9 Å². The Bertz CT molecular complexity index is 1350. The minimum Gasteiger partial charge on any atom is -0.394 e. The van der Waals surface area contributed by atoms with Crippen molar-refractivity contribution in [2.24, 2.45) is 0 Å². The summed E-state index contributed by atoms with van der Waals surface area (Å²) in [5.74, 6) is -1.49. The third-order valence-corrected chi connectivity index (χ3v) is 5.52. The summed E-state index contributed by atoms with van der Waals surface area (Å²) in [7, 11) is 0. The minimum atomic E-state index is -4.82. The van der Waals surface area contributed by atoms with E-state index >= 15 is 0 Å². The van der Waals surface area contributed by atoms with Gasteiger partial charge in [0.25, 0.3) is 0 Å². The zero-order chi connectivity index (χ0) is 25.5. The number of aliphatic hydroxyl groups is 3. The summed E-state index contributed by atoms with van der Waals surface area (Å²) in [6.45, 7) is -0.577. The molecule has 1 aliphatic heterocycles. The Balaban J connectivity index is 0.000000201. The van der Waals surface area contributed by atoms with Gasteiger partial charge in [-0.25, -0.2) is 29.9 Å². The molecule has 4 atom stereocenters. The number of H-pyrrole nitrogens is 1. The number of nitrogens with one attached hydrogen (secondary N) is 1. The second-order valence-electron chi connectivity index (χ2n) is 7.18. The number of nitrogens with two attached hydrogens (primary N) is 2. The van der Waals surface area contributed by atoms with Crippen LogP contribution in [-0.2, 0) is 10.9 Å². The molecule has 1 fully saturated rings. The van der Waals surface area contributed by atoms with Crippen LogP contribution in [0.5, 0.6) is 0 Å². The van der Waals surface area contributed by atoms with Gasteiger partial charge in [-0.1, -0.05) is 11.8 Å². The lowest BCUT2D eigenvalue weighted by Gasteiger charge is -2.17. The van der Waals surface area contributed by atoms with E-state index in [2.05, 4.69) is 34.9 Å². The zero-order valence-corrected chi connectivity index (χ0v) is 18.6. The number of nitrogen functional groups attached to an aromatic ring is 2. The van der Waals surface area contributed by atoms with Crippen LogP contribution >= 0.6 is 11.8 Å². The van der Waals surface area contributed by atoms with Gasteiger partial charge in [-0.05, 0) is 6.26 Å². The van der Waals surface area contributed by atoms with Crippen LogP contribution in [0.1, 0.15) is 12.1 Å². The van der Waals surface area contributed by atoms with Gasteiger partial charge in [0.15, 0.2) is 34.3 Å². The van der Waals surface area contributed by atoms with Crippen LogP contribution in [-0.4, -0.2) is 85.9 Å². The number of aliphatic hydroxyl groups excluding tert-OH is 3. The molecule has 0 radical (unpaired) electrons. The molecule has 0 spiro atoms. The van der Waals surface area contributed by atoms with Crippen molar-refractivity contribution < 1.29 is 33.2 Å². The first-order valence-electron chi connectivity index (χ1n) is 9.75. The van der Waals surface area contributed by atoms with Crippen LogP contribution in [0.25, 0.3) is 22.3 Å². The average molecular weight is 516 g/mol. The van der Waals surface area contributed by atoms with Crippen molar-refractivity contribution in [3.63, 3.8) is 0 Å². The van der Waals surface area contributed by atoms with Gasteiger partial charge in [-0.15, -0.1) is 0 Å². The summed E-state index contributed by atoms with van der Waals surface area (Å²) in [6.07, 6.45) is -5.57. The summed E-state index contributed by atoms with van der Waals surface area (Å²) in [5, 5.41) is 29.4. The molecule has 0 aliphatic carbocycles. The lowest BCUT2D eigenvalue weighted by atomic mass is 10.1. The van der Waals surface area contributed by atoms with Crippen LogP contribution in [0, 0.1) is 0 Å². The van der Waals surface area contributed by atoms with Crippen molar-refractivity contribution >= 4 is 45.7 Å². The third-order valence-electron chi connectivity index (χ3n) is 4.97. The standard InChI is InChI=1S/C11H12F3N5O4.C6H7N5S/c12-11(13,14)10-17-7(15)4-8(18-10)19(2-16-4)9-6(22)5(21)3(1-20)23-9;1-12-6-10-4(7)3-5(11-6)9-2-8-3/h2-3,5-6,9,20-22H,1H2,(H2,15,17,18);2H,1H3,(H3,7,8,9,10,11)/t3-,5-,6-,9-;/m1./s1. The van der Waals surface area contributed by atoms with Gasteiger partial charge < -0.3 is 36.5 Å². The summed E-state index contributed by atoms with van der Waals surface area (Å²) >= 11 is 1.45. The number of alkyl halides is 3. The maximum absolute atomic E-state index is 12.8. The molecule has 14 nitrogen and oxygen atoms in total. The summed E-state index contributed by atoms with van der Waals surface area (Å²) < 4.78 is 44.7. The van der Waals surface area contributed by atoms with E-state index in [1.807, 2.05) is 6.26 Å². The normalized spacial score (nSPS) is 22.5. The first kappa shape index (κ1) is 24.8. The molecule has 1 saturated heterocycles. The number of rotatable bonds is 3. The van der Waals surface area contributed by atoms with E-state index in [0.29, 0.717) is 22.1 Å². The highest BCUT2D eigenvalue weighted by Gasteiger charge is 2.44. The predicted molar refractivity (Wildman–Crippen MR) is 116 cm³/mol. The molecule has 0 unspecified atom stereocenters. The zero-order valence-electron chi connectivity index (χ0n) is 17.7. The Morgan fingerprint density at radius 1 is 1.11 bits per heavy atom. The van der Waals surface area contributed by atoms with Gasteiger partial charge >= 0.3 is 6.18 Å². The molecule has 0 amide bonds. The number of hydrogen-bond acceptors (Lipinski definition) is 13. The molecule has 18 heteroatoms. The first-order valence-corrected chi connectivity index (χ1v) is 11.0. The number of thioether (sulfide) groups is 1. The SMILES string of the molecule is CSc1nc(N)c2[nH]cnc2n1.Nc1nc(C(F)(F)F)nc2c1ncn2[C@@H]1O[C@H](CO)[C@@H](O)[C@H]1O. The molecule has 1 aliphatic rings. The Kier molecular flexibility index (Phi) is 6.64. The lowest BCUT2D eigenvalue weighted by molar-refractivity contribution is -0.144. The molecule has 4 aromatic heterocycles. The molecule has 0 aromatic carbocycles. The Morgan fingerprint density at radius 2 is 1.86 bits per heavy atom. The van der Waals surface area contributed by atoms with Crippen LogP contribution in [0.4, 0.5) is 24.8 Å². The van der Waals surface area contributed by atoms with Crippen LogP contribution in [0.2, 0.25) is 0 Å². The van der Waals surface area contributed by atoms with E-state index in [1.54, 1.807) is 6.33 Å². The van der Waals surface area contributed by atoms with Crippen molar-refractivity contribution in [3.8, 4) is 0 Å². The number of imidazole rings is 2. The van der Waals surface area contributed by atoms with E-state index in [4.69, 9.17) is 21.3 Å². The maximum Gasteiger partial charge on any atom is 0.451 e. The van der Waals surface area contributed by atoms with Crippen LogP contribution < -0.4 is 11.5 Å². The molecule has 5 rings (SSSR count). The number of nitrogens with zero attached hydrogens (tertiary/aromatic N) is 7. The topological polar surface area (TPSA) is 220 Å². The number of aromatic nitrogens is 8. The van der Waals surface area contributed by atoms with Gasteiger partial charge in [0.2, 0.25) is 5.82 Å². The fourth-order valence-electron chi connectivity index (χ4n) is 3.29. The van der Waals surface area contributed by atoms with Gasteiger partial charge in [-0.2, -0.15) is 13.2 Å². The Hall–Kier alpha value is -3.32. The van der Waals surface area contributed by atoms with E-state index in [1.165, 1.54) is 11.8 Å². The van der Waals surface area contributed by atoms with Crippen molar-refractivity contribution in [3.05, 3.63) is 18.5 Å². The number of halogens is 3. The maximum atomic E-state index is 12.8. The van der Waals surface area contributed by atoms with Crippen molar-refractivity contribution in [2.45, 2.75) is 35.9 Å². The number of ether oxygens (including phenoxy) is 1. The molecule has 4 aromatic rings. The van der Waals surface area contributed by atoms with Crippen LogP contribution in [0.3, 0.4) is 0 Å². The fraction of sp³-hybridized carbons (Fsp3) is 0.412. The third kappa shape index (κ3) is 4.65. The molecule has 0 bridgehead atoms. The highest BCUT2D eigenvalue weighted by Crippen LogP contribution is 2.34. The van der Waals surface area contributed by atoms with E-state index < -0.39 is 49.0 Å². The smallest absolute Gasteiger partial charge is 0.394 e. The molecule has 35 heavy (non-hydrogen) atoms. The van der Waals surface area contributed by atoms with Crippen LogP contribution in [0.15, 0.2) is 17.8 Å². The summed E-state index contributed by atoms with van der Waals surface area (Å²) in [4.78, 5) is 25.4. The van der Waals surface area contributed by atoms with E-state index in [-0.39, 0.29) is 11.2 Å². The lowest BCUT2D eigenvalue weighted by Crippen LogP contribution is -2.33. The fourth-order valence-corrected chi connectivity index (χ4v) is 3.65. The predicted octanol–water partition coefficient (Wildman–Crippen LogP) is -0.304. The number of hydrogen-bond donors (Lipinski definition) is 6. The van der Waals surface area contributed by atoms with Gasteiger partial charge in [0.05, 0.1) is 19.3 Å². The Labute approximate surface area is 197 Å². The minimum absolute atomic E-state index is 0.101. The number of anilines is 2. The highest BCUT2D eigenvalue weighted by atomic mass is 32.2. The van der Waals surface area contributed by atoms with Gasteiger partial charge in [0, 0.05) is 0 Å². The molecular formula is C17H19F3N10O4S. The molecular weight excluding hydrogens is 497 g/mol. The second-order valence-corrected chi connectivity index (χ2v) is 7.95.